The number of ether oxygens (including phenoxy) is 1. The second-order valence-corrected chi connectivity index (χ2v) is 8.37. The van der Waals surface area contributed by atoms with Gasteiger partial charge in [0.15, 0.2) is 21.4 Å². The largest absolute Gasteiger partial charge is 0.453 e. The molecule has 3 rings (SSSR count). The van der Waals surface area contributed by atoms with Crippen LogP contribution in [-0.4, -0.2) is 25.6 Å². The van der Waals surface area contributed by atoms with Gasteiger partial charge in [0.1, 0.15) is 5.75 Å². The summed E-state index contributed by atoms with van der Waals surface area (Å²) in [5.41, 5.74) is 6.45. The molecule has 3 aromatic rings. The average molecular weight is 418 g/mol. The third-order valence-corrected chi connectivity index (χ3v) is 5.01. The number of halogens is 1. The minimum Gasteiger partial charge on any atom is -0.453 e. The van der Waals surface area contributed by atoms with Gasteiger partial charge in [0.2, 0.25) is 0 Å². The molecule has 0 radical (unpaired) electrons. The van der Waals surface area contributed by atoms with Crippen LogP contribution in [-0.2, 0) is 9.84 Å². The fraction of sp³-hybridized carbons (Fsp3) is 0.0526. The number of anilines is 2. The monoisotopic (exact) mass is 417 g/mol. The van der Waals surface area contributed by atoms with Gasteiger partial charge in [-0.2, -0.15) is 0 Å². The number of nitrogens with two attached hydrogens (primary N) is 1. The molecule has 0 atom stereocenters. The molecule has 9 heteroatoms. The number of amides is 1. The summed E-state index contributed by atoms with van der Waals surface area (Å²) in [7, 11) is -3.41. The van der Waals surface area contributed by atoms with E-state index in [1.807, 2.05) is 0 Å². The Hall–Kier alpha value is -3.10. The summed E-state index contributed by atoms with van der Waals surface area (Å²) in [5, 5.41) is 3.08. The summed E-state index contributed by atoms with van der Waals surface area (Å²) >= 11 is 5.90. The van der Waals surface area contributed by atoms with Gasteiger partial charge in [0, 0.05) is 35.8 Å². The van der Waals surface area contributed by atoms with Gasteiger partial charge in [0.05, 0.1) is 9.92 Å². The molecule has 1 amide bonds. The Kier molecular flexibility index (Phi) is 5.53. The topological polar surface area (TPSA) is 111 Å². The highest BCUT2D eigenvalue weighted by Gasteiger charge is 2.12. The van der Waals surface area contributed by atoms with E-state index in [1.165, 1.54) is 36.5 Å². The molecule has 0 spiro atoms. The normalized spacial score (nSPS) is 11.1. The van der Waals surface area contributed by atoms with E-state index >= 15 is 0 Å². The maximum atomic E-state index is 12.5. The minimum atomic E-state index is -3.41. The Morgan fingerprint density at radius 3 is 2.64 bits per heavy atom. The summed E-state index contributed by atoms with van der Waals surface area (Å²) in [5.74, 6) is 0.429. The molecule has 0 aliphatic heterocycles. The second-order valence-electron chi connectivity index (χ2n) is 5.92. The van der Waals surface area contributed by atoms with Crippen LogP contribution in [0.5, 0.6) is 11.5 Å². The van der Waals surface area contributed by atoms with Gasteiger partial charge in [-0.1, -0.05) is 23.7 Å². The number of aromatic nitrogens is 1. The summed E-state index contributed by atoms with van der Waals surface area (Å²) in [6.45, 7) is 0. The Balaban J connectivity index is 1.79. The first-order chi connectivity index (χ1) is 13.2. The van der Waals surface area contributed by atoms with E-state index < -0.39 is 15.7 Å². The molecular weight excluding hydrogens is 402 g/mol. The number of rotatable bonds is 5. The van der Waals surface area contributed by atoms with Crippen LogP contribution < -0.4 is 15.8 Å². The van der Waals surface area contributed by atoms with Crippen molar-refractivity contribution >= 4 is 38.9 Å². The van der Waals surface area contributed by atoms with Crippen LogP contribution in [0.25, 0.3) is 0 Å². The lowest BCUT2D eigenvalue weighted by molar-refractivity contribution is 0.102. The van der Waals surface area contributed by atoms with Crippen LogP contribution in [0.4, 0.5) is 11.5 Å². The van der Waals surface area contributed by atoms with Gasteiger partial charge in [-0.3, -0.25) is 4.79 Å². The van der Waals surface area contributed by atoms with E-state index in [4.69, 9.17) is 22.1 Å². The Bertz CT molecular complexity index is 1150. The molecule has 0 saturated heterocycles. The minimum absolute atomic E-state index is 0.0705. The molecule has 0 aliphatic rings. The standard InChI is InChI=1S/C19H16ClN3O4S/c1-28(25,26)16-7-2-4-12(8-16)19(24)23-14-5-3-6-15(10-14)27-17-9-13(20)11-22-18(17)21/h2-11H,1H3,(H2,21,22)(H,23,24). The lowest BCUT2D eigenvalue weighted by Crippen LogP contribution is -2.12. The third kappa shape index (κ3) is 4.79. The predicted octanol–water partition coefficient (Wildman–Crippen LogP) is 3.77. The maximum Gasteiger partial charge on any atom is 0.255 e. The number of hydrogen-bond donors (Lipinski definition) is 2. The number of benzene rings is 2. The second kappa shape index (κ2) is 7.87. The zero-order chi connectivity index (χ0) is 20.3. The lowest BCUT2D eigenvalue weighted by atomic mass is 10.2. The van der Waals surface area contributed by atoms with Crippen LogP contribution in [0, 0.1) is 0 Å². The molecule has 0 aliphatic carbocycles. The molecule has 144 valence electrons. The van der Waals surface area contributed by atoms with E-state index in [0.29, 0.717) is 16.5 Å². The number of nitrogens with zero attached hydrogens (tertiary/aromatic N) is 1. The summed E-state index contributed by atoms with van der Waals surface area (Å²) in [4.78, 5) is 16.5. The predicted molar refractivity (Wildman–Crippen MR) is 108 cm³/mol. The Morgan fingerprint density at radius 1 is 1.14 bits per heavy atom. The number of sulfone groups is 1. The van der Waals surface area contributed by atoms with Gasteiger partial charge >= 0.3 is 0 Å². The van der Waals surface area contributed by atoms with Crippen molar-refractivity contribution in [3.05, 3.63) is 71.4 Å². The van der Waals surface area contributed by atoms with Crippen LogP contribution in [0.15, 0.2) is 65.7 Å². The van der Waals surface area contributed by atoms with Crippen molar-refractivity contribution in [1.82, 2.24) is 4.98 Å². The SMILES string of the molecule is CS(=O)(=O)c1cccc(C(=O)Nc2cccc(Oc3cc(Cl)cnc3N)c2)c1. The molecule has 0 unspecified atom stereocenters. The number of nitrogen functional groups attached to an aromatic ring is 1. The molecule has 0 fully saturated rings. The Morgan fingerprint density at radius 2 is 1.89 bits per heavy atom. The number of pyridine rings is 1. The molecule has 0 bridgehead atoms. The molecule has 1 heterocycles. The lowest BCUT2D eigenvalue weighted by Gasteiger charge is -2.10. The smallest absolute Gasteiger partial charge is 0.255 e. The maximum absolute atomic E-state index is 12.5. The number of carbonyl (C=O) groups excluding carboxylic acids is 1. The van der Waals surface area contributed by atoms with Gasteiger partial charge in [0.25, 0.3) is 5.91 Å². The number of hydrogen-bond acceptors (Lipinski definition) is 6. The molecule has 0 saturated carbocycles. The first kappa shape index (κ1) is 19.7. The molecular formula is C19H16ClN3O4S. The summed E-state index contributed by atoms with van der Waals surface area (Å²) in [6.07, 6.45) is 2.49. The van der Waals surface area contributed by atoms with Crippen molar-refractivity contribution in [2.75, 3.05) is 17.3 Å². The molecule has 7 nitrogen and oxygen atoms in total. The highest BCUT2D eigenvalue weighted by atomic mass is 35.5. The van der Waals surface area contributed by atoms with Crippen LogP contribution >= 0.6 is 11.6 Å². The van der Waals surface area contributed by atoms with Crippen LogP contribution in [0.2, 0.25) is 5.02 Å². The highest BCUT2D eigenvalue weighted by Crippen LogP contribution is 2.29. The average Bonchev–Trinajstić information content (AvgIpc) is 2.64. The van der Waals surface area contributed by atoms with E-state index in [0.717, 1.165) is 6.26 Å². The molecule has 1 aromatic heterocycles. The van der Waals surface area contributed by atoms with Gasteiger partial charge in [-0.05, 0) is 30.3 Å². The van der Waals surface area contributed by atoms with Gasteiger partial charge in [-0.15, -0.1) is 0 Å². The number of nitrogens with one attached hydrogen (secondary N) is 1. The van der Waals surface area contributed by atoms with E-state index in [-0.39, 0.29) is 22.0 Å². The van der Waals surface area contributed by atoms with Crippen LogP contribution in [0.1, 0.15) is 10.4 Å². The zero-order valence-corrected chi connectivity index (χ0v) is 16.3. The summed E-state index contributed by atoms with van der Waals surface area (Å²) < 4.78 is 29.0. The van der Waals surface area contributed by atoms with Gasteiger partial charge < -0.3 is 15.8 Å². The molecule has 2 aromatic carbocycles. The van der Waals surface area contributed by atoms with E-state index in [9.17, 15) is 13.2 Å². The summed E-state index contributed by atoms with van der Waals surface area (Å²) in [6, 6.07) is 14.0. The first-order valence-electron chi connectivity index (χ1n) is 8.03. The van der Waals surface area contributed by atoms with Crippen molar-refractivity contribution in [3.63, 3.8) is 0 Å². The quantitative estimate of drug-likeness (QED) is 0.653. The van der Waals surface area contributed by atoms with Crippen molar-refractivity contribution in [2.24, 2.45) is 0 Å². The fourth-order valence-corrected chi connectivity index (χ4v) is 3.16. The molecule has 28 heavy (non-hydrogen) atoms. The van der Waals surface area contributed by atoms with Crippen molar-refractivity contribution in [3.8, 4) is 11.5 Å². The molecule has 3 N–H and O–H groups in total. The van der Waals surface area contributed by atoms with Crippen molar-refractivity contribution < 1.29 is 17.9 Å². The number of carbonyl (C=O) groups is 1. The van der Waals surface area contributed by atoms with Crippen molar-refractivity contribution in [1.29, 1.82) is 0 Å². The highest BCUT2D eigenvalue weighted by molar-refractivity contribution is 7.90. The zero-order valence-electron chi connectivity index (χ0n) is 14.7. The van der Waals surface area contributed by atoms with E-state index in [1.54, 1.807) is 24.3 Å². The van der Waals surface area contributed by atoms with E-state index in [2.05, 4.69) is 10.3 Å². The van der Waals surface area contributed by atoms with Crippen molar-refractivity contribution in [2.45, 2.75) is 4.90 Å². The first-order valence-corrected chi connectivity index (χ1v) is 10.3. The van der Waals surface area contributed by atoms with Gasteiger partial charge in [-0.25, -0.2) is 13.4 Å². The van der Waals surface area contributed by atoms with Crippen LogP contribution in [0.3, 0.4) is 0 Å². The third-order valence-electron chi connectivity index (χ3n) is 3.69. The Labute approximate surface area is 167 Å². The fourth-order valence-electron chi connectivity index (χ4n) is 2.35.